The Morgan fingerprint density at radius 3 is 3.19 bits per heavy atom. The first-order valence-electron chi connectivity index (χ1n) is 5.84. The van der Waals surface area contributed by atoms with E-state index in [9.17, 15) is 4.79 Å². The fourth-order valence-electron chi connectivity index (χ4n) is 2.90. The summed E-state index contributed by atoms with van der Waals surface area (Å²) >= 11 is 1.79. The molecule has 2 saturated heterocycles. The van der Waals surface area contributed by atoms with Gasteiger partial charge in [0.05, 0.1) is 12.1 Å². The number of carbonyl (C=O) groups excluding carboxylic acids is 1. The molecule has 2 aliphatic heterocycles. The largest absolute Gasteiger partial charge is 0.337 e. The minimum absolute atomic E-state index is 0.337. The molecule has 1 aromatic heterocycles. The Balaban J connectivity index is 1.91. The molecule has 4 heteroatoms. The molecule has 0 bridgehead atoms. The summed E-state index contributed by atoms with van der Waals surface area (Å²) in [5.41, 5.74) is 1.38. The van der Waals surface area contributed by atoms with Gasteiger partial charge in [-0.1, -0.05) is 0 Å². The van der Waals surface area contributed by atoms with Gasteiger partial charge in [0.2, 0.25) is 5.91 Å². The first-order valence-corrected chi connectivity index (χ1v) is 6.72. The van der Waals surface area contributed by atoms with Gasteiger partial charge in [-0.25, -0.2) is 0 Å². The molecule has 0 radical (unpaired) electrons. The number of hydrogen-bond acceptors (Lipinski definition) is 3. The highest BCUT2D eigenvalue weighted by atomic mass is 32.1. The maximum Gasteiger partial charge on any atom is 0.223 e. The Morgan fingerprint density at radius 2 is 2.44 bits per heavy atom. The number of aryl methyl sites for hydroxylation is 1. The molecule has 1 N–H and O–H groups in total. The number of fused-ring (bicyclic) bond motifs is 1. The highest BCUT2D eigenvalue weighted by Crippen LogP contribution is 2.34. The molecule has 2 atom stereocenters. The first kappa shape index (κ1) is 10.3. The van der Waals surface area contributed by atoms with E-state index in [-0.39, 0.29) is 0 Å². The zero-order valence-electron chi connectivity index (χ0n) is 9.40. The molecule has 0 saturated carbocycles. The van der Waals surface area contributed by atoms with E-state index in [1.165, 1.54) is 10.4 Å². The molecule has 86 valence electrons. The quantitative estimate of drug-likeness (QED) is 0.805. The van der Waals surface area contributed by atoms with Gasteiger partial charge in [0.25, 0.3) is 0 Å². The molecule has 0 aliphatic carbocycles. The van der Waals surface area contributed by atoms with Gasteiger partial charge < -0.3 is 10.2 Å². The van der Waals surface area contributed by atoms with Gasteiger partial charge in [0.15, 0.2) is 0 Å². The van der Waals surface area contributed by atoms with Crippen LogP contribution in [0.5, 0.6) is 0 Å². The van der Waals surface area contributed by atoms with Gasteiger partial charge in [-0.2, -0.15) is 0 Å². The van der Waals surface area contributed by atoms with Crippen LogP contribution in [0.2, 0.25) is 0 Å². The van der Waals surface area contributed by atoms with E-state index in [2.05, 4.69) is 28.6 Å². The van der Waals surface area contributed by atoms with Gasteiger partial charge in [-0.15, -0.1) is 11.3 Å². The third-order valence-electron chi connectivity index (χ3n) is 3.71. The molecule has 1 aromatic rings. The van der Waals surface area contributed by atoms with Crippen LogP contribution in [0, 0.1) is 6.92 Å². The molecule has 2 fully saturated rings. The number of nitrogens with one attached hydrogen (secondary N) is 1. The van der Waals surface area contributed by atoms with Crippen LogP contribution in [0.3, 0.4) is 0 Å². The summed E-state index contributed by atoms with van der Waals surface area (Å²) in [6.07, 6.45) is 1.73. The summed E-state index contributed by atoms with van der Waals surface area (Å²) in [5, 5.41) is 5.71. The Morgan fingerprint density at radius 1 is 1.56 bits per heavy atom. The molecule has 2 unspecified atom stereocenters. The van der Waals surface area contributed by atoms with E-state index in [1.807, 2.05) is 0 Å². The topological polar surface area (TPSA) is 32.3 Å². The Hall–Kier alpha value is -0.870. The van der Waals surface area contributed by atoms with Crippen LogP contribution in [0.15, 0.2) is 11.4 Å². The lowest BCUT2D eigenvalue weighted by Gasteiger charge is -2.37. The fourth-order valence-corrected chi connectivity index (χ4v) is 3.65. The summed E-state index contributed by atoms with van der Waals surface area (Å²) < 4.78 is 0. The summed E-state index contributed by atoms with van der Waals surface area (Å²) in [6.45, 7) is 3.96. The Bertz CT molecular complexity index is 415. The van der Waals surface area contributed by atoms with E-state index < -0.39 is 0 Å². The van der Waals surface area contributed by atoms with Crippen molar-refractivity contribution in [2.45, 2.75) is 31.8 Å². The molecule has 3 nitrogen and oxygen atoms in total. The number of piperazine rings is 1. The molecule has 16 heavy (non-hydrogen) atoms. The minimum atomic E-state index is 0.337. The van der Waals surface area contributed by atoms with E-state index in [4.69, 9.17) is 0 Å². The number of nitrogens with zero attached hydrogens (tertiary/aromatic N) is 1. The zero-order chi connectivity index (χ0) is 11.1. The Labute approximate surface area is 99.5 Å². The predicted molar refractivity (Wildman–Crippen MR) is 64.5 cm³/mol. The number of carbonyl (C=O) groups is 1. The molecular weight excluding hydrogens is 220 g/mol. The van der Waals surface area contributed by atoms with Crippen LogP contribution < -0.4 is 5.32 Å². The van der Waals surface area contributed by atoms with Crippen molar-refractivity contribution in [1.29, 1.82) is 0 Å². The molecule has 1 amide bonds. The number of thiophene rings is 1. The van der Waals surface area contributed by atoms with Crippen molar-refractivity contribution in [2.75, 3.05) is 13.1 Å². The third kappa shape index (κ3) is 1.48. The predicted octanol–water partition coefficient (Wildman–Crippen LogP) is 1.69. The molecule has 0 aromatic carbocycles. The van der Waals surface area contributed by atoms with Gasteiger partial charge in [0, 0.05) is 24.4 Å². The van der Waals surface area contributed by atoms with Gasteiger partial charge in [-0.05, 0) is 30.4 Å². The zero-order valence-corrected chi connectivity index (χ0v) is 10.2. The van der Waals surface area contributed by atoms with Crippen molar-refractivity contribution in [2.24, 2.45) is 0 Å². The van der Waals surface area contributed by atoms with Crippen LogP contribution in [-0.4, -0.2) is 29.9 Å². The van der Waals surface area contributed by atoms with E-state index >= 15 is 0 Å². The van der Waals surface area contributed by atoms with Gasteiger partial charge in [-0.3, -0.25) is 4.79 Å². The Kier molecular flexibility index (Phi) is 2.48. The first-order chi connectivity index (χ1) is 7.77. The third-order valence-corrected chi connectivity index (χ3v) is 4.57. The smallest absolute Gasteiger partial charge is 0.223 e. The van der Waals surface area contributed by atoms with Crippen LogP contribution in [-0.2, 0) is 4.79 Å². The molecule has 3 heterocycles. The van der Waals surface area contributed by atoms with Crippen molar-refractivity contribution in [3.63, 3.8) is 0 Å². The van der Waals surface area contributed by atoms with E-state index in [0.29, 0.717) is 18.0 Å². The fraction of sp³-hybridized carbons (Fsp3) is 0.583. The minimum Gasteiger partial charge on any atom is -0.337 e. The van der Waals surface area contributed by atoms with Gasteiger partial charge >= 0.3 is 0 Å². The second-order valence-electron chi connectivity index (χ2n) is 4.56. The summed E-state index contributed by atoms with van der Waals surface area (Å²) in [4.78, 5) is 15.2. The summed E-state index contributed by atoms with van der Waals surface area (Å²) in [7, 11) is 0. The second kappa shape index (κ2) is 3.86. The number of hydrogen-bond donors (Lipinski definition) is 1. The normalized spacial score (nSPS) is 29.6. The summed E-state index contributed by atoms with van der Waals surface area (Å²) in [5.74, 6) is 0.337. The standard InChI is InChI=1S/C12H16N2OS/c1-8-9(4-7-16-8)12-10-2-3-11(15)14(10)6-5-13-12/h4,7,10,12-13H,2-3,5-6H2,1H3. The molecule has 2 aliphatic rings. The van der Waals surface area contributed by atoms with Crippen molar-refractivity contribution < 1.29 is 4.79 Å². The molecular formula is C12H16N2OS. The monoisotopic (exact) mass is 236 g/mol. The lowest BCUT2D eigenvalue weighted by Crippen LogP contribution is -2.51. The van der Waals surface area contributed by atoms with Crippen molar-refractivity contribution in [1.82, 2.24) is 10.2 Å². The molecule has 3 rings (SSSR count). The maximum absolute atomic E-state index is 11.7. The van der Waals surface area contributed by atoms with Crippen LogP contribution >= 0.6 is 11.3 Å². The van der Waals surface area contributed by atoms with E-state index in [1.54, 1.807) is 11.3 Å². The number of rotatable bonds is 1. The van der Waals surface area contributed by atoms with E-state index in [0.717, 1.165) is 25.9 Å². The lowest BCUT2D eigenvalue weighted by atomic mass is 9.96. The average Bonchev–Trinajstić information content (AvgIpc) is 2.86. The number of amides is 1. The summed E-state index contributed by atoms with van der Waals surface area (Å²) in [6, 6.07) is 2.94. The van der Waals surface area contributed by atoms with Crippen molar-refractivity contribution in [3.8, 4) is 0 Å². The SMILES string of the molecule is Cc1sccc1C1NCCN2C(=O)CCC12. The van der Waals surface area contributed by atoms with Crippen LogP contribution in [0.25, 0.3) is 0 Å². The van der Waals surface area contributed by atoms with Crippen LogP contribution in [0.1, 0.15) is 29.3 Å². The second-order valence-corrected chi connectivity index (χ2v) is 5.68. The maximum atomic E-state index is 11.7. The van der Waals surface area contributed by atoms with Gasteiger partial charge in [0.1, 0.15) is 0 Å². The molecule has 0 spiro atoms. The van der Waals surface area contributed by atoms with Crippen molar-refractivity contribution in [3.05, 3.63) is 21.9 Å². The van der Waals surface area contributed by atoms with Crippen molar-refractivity contribution >= 4 is 17.2 Å². The lowest BCUT2D eigenvalue weighted by molar-refractivity contribution is -0.130. The van der Waals surface area contributed by atoms with Crippen LogP contribution in [0.4, 0.5) is 0 Å². The highest BCUT2D eigenvalue weighted by molar-refractivity contribution is 7.10. The average molecular weight is 236 g/mol. The highest BCUT2D eigenvalue weighted by Gasteiger charge is 2.39.